The predicted octanol–water partition coefficient (Wildman–Crippen LogP) is 4.45. The minimum absolute atomic E-state index is 0.114. The number of aromatic amines is 1. The zero-order valence-electron chi connectivity index (χ0n) is 16.3. The monoisotopic (exact) mass is 381 g/mol. The van der Waals surface area contributed by atoms with Crippen molar-refractivity contribution >= 4 is 17.5 Å². The minimum Gasteiger partial charge on any atom is -0.489 e. The fourth-order valence-electron chi connectivity index (χ4n) is 4.33. The van der Waals surface area contributed by atoms with Crippen molar-refractivity contribution in [1.29, 1.82) is 0 Å². The van der Waals surface area contributed by atoms with E-state index in [0.717, 1.165) is 24.1 Å². The Bertz CT molecular complexity index is 881. The number of ether oxygens (including phenoxy) is 1. The second-order valence-corrected chi connectivity index (χ2v) is 7.87. The van der Waals surface area contributed by atoms with E-state index in [0.29, 0.717) is 41.8 Å². The number of rotatable bonds is 5. The maximum atomic E-state index is 12.9. The quantitative estimate of drug-likeness (QED) is 0.801. The Kier molecular flexibility index (Phi) is 5.46. The van der Waals surface area contributed by atoms with Crippen molar-refractivity contribution in [3.63, 3.8) is 0 Å². The number of carbonyl (C=O) groups is 2. The van der Waals surface area contributed by atoms with Gasteiger partial charge < -0.3 is 15.0 Å². The van der Waals surface area contributed by atoms with Crippen LogP contribution in [0.15, 0.2) is 18.3 Å². The Morgan fingerprint density at radius 3 is 2.86 bits per heavy atom. The SMILES string of the molecule is Cc1c(C(=O)Nc2ncccc2OCC2CCCCC2)[nH]c2c1C(=O)CCC2. The lowest BCUT2D eigenvalue weighted by Crippen LogP contribution is -2.18. The number of Topliss-reactive ketones (excluding diaryl/α,β-unsaturated/α-hetero) is 1. The molecule has 0 bridgehead atoms. The van der Waals surface area contributed by atoms with Gasteiger partial charge in [0.15, 0.2) is 17.4 Å². The molecule has 1 amide bonds. The van der Waals surface area contributed by atoms with Crippen LogP contribution in [0, 0.1) is 12.8 Å². The molecule has 2 N–H and O–H groups in total. The summed E-state index contributed by atoms with van der Waals surface area (Å²) in [6.45, 7) is 2.48. The number of hydrogen-bond acceptors (Lipinski definition) is 4. The topological polar surface area (TPSA) is 84.1 Å². The molecule has 0 aromatic carbocycles. The van der Waals surface area contributed by atoms with Crippen LogP contribution in [0.1, 0.15) is 77.0 Å². The van der Waals surface area contributed by atoms with Crippen LogP contribution in [-0.2, 0) is 6.42 Å². The smallest absolute Gasteiger partial charge is 0.273 e. The van der Waals surface area contributed by atoms with Crippen LogP contribution < -0.4 is 10.1 Å². The molecule has 2 aromatic heterocycles. The zero-order chi connectivity index (χ0) is 19.5. The summed E-state index contributed by atoms with van der Waals surface area (Å²) < 4.78 is 6.00. The second-order valence-electron chi connectivity index (χ2n) is 7.87. The highest BCUT2D eigenvalue weighted by molar-refractivity contribution is 6.08. The van der Waals surface area contributed by atoms with Gasteiger partial charge in [0, 0.05) is 23.9 Å². The first kappa shape index (κ1) is 18.7. The lowest BCUT2D eigenvalue weighted by atomic mass is 9.90. The van der Waals surface area contributed by atoms with Gasteiger partial charge in [0.05, 0.1) is 6.61 Å². The number of H-pyrrole nitrogens is 1. The molecule has 2 aromatic rings. The third-order valence-electron chi connectivity index (χ3n) is 5.87. The van der Waals surface area contributed by atoms with Crippen molar-refractivity contribution < 1.29 is 14.3 Å². The molecular formula is C22H27N3O3. The molecule has 1 saturated carbocycles. The molecule has 0 aliphatic heterocycles. The van der Waals surface area contributed by atoms with Gasteiger partial charge in [0.2, 0.25) is 0 Å². The van der Waals surface area contributed by atoms with Crippen molar-refractivity contribution in [3.05, 3.63) is 40.8 Å². The maximum Gasteiger partial charge on any atom is 0.273 e. The highest BCUT2D eigenvalue weighted by atomic mass is 16.5. The molecule has 0 spiro atoms. The van der Waals surface area contributed by atoms with E-state index in [1.54, 1.807) is 6.20 Å². The molecule has 0 radical (unpaired) electrons. The second kappa shape index (κ2) is 8.17. The number of nitrogens with zero attached hydrogens (tertiary/aromatic N) is 1. The number of ketones is 1. The van der Waals surface area contributed by atoms with Crippen LogP contribution in [0.3, 0.4) is 0 Å². The van der Waals surface area contributed by atoms with Gasteiger partial charge in [-0.2, -0.15) is 0 Å². The Balaban J connectivity index is 1.48. The highest BCUT2D eigenvalue weighted by Crippen LogP contribution is 2.29. The Hall–Kier alpha value is -2.63. The van der Waals surface area contributed by atoms with E-state index >= 15 is 0 Å². The Morgan fingerprint density at radius 1 is 1.25 bits per heavy atom. The molecule has 1 fully saturated rings. The van der Waals surface area contributed by atoms with Gasteiger partial charge in [-0.3, -0.25) is 9.59 Å². The van der Waals surface area contributed by atoms with Gasteiger partial charge in [-0.05, 0) is 56.2 Å². The fraction of sp³-hybridized carbons (Fsp3) is 0.500. The number of amides is 1. The third kappa shape index (κ3) is 3.81. The number of anilines is 1. The fourth-order valence-corrected chi connectivity index (χ4v) is 4.33. The first-order valence-electron chi connectivity index (χ1n) is 10.3. The molecule has 148 valence electrons. The number of aryl methyl sites for hydroxylation is 1. The van der Waals surface area contributed by atoms with Gasteiger partial charge in [0.25, 0.3) is 5.91 Å². The van der Waals surface area contributed by atoms with Gasteiger partial charge in [0.1, 0.15) is 5.69 Å². The number of pyridine rings is 1. The van der Waals surface area contributed by atoms with E-state index in [1.165, 1.54) is 32.1 Å². The van der Waals surface area contributed by atoms with E-state index in [1.807, 2.05) is 19.1 Å². The summed E-state index contributed by atoms with van der Waals surface area (Å²) >= 11 is 0. The van der Waals surface area contributed by atoms with Crippen molar-refractivity contribution in [2.75, 3.05) is 11.9 Å². The summed E-state index contributed by atoms with van der Waals surface area (Å²) in [5.41, 5.74) is 2.71. The summed E-state index contributed by atoms with van der Waals surface area (Å²) in [6.07, 6.45) is 10.0. The van der Waals surface area contributed by atoms with Crippen molar-refractivity contribution in [3.8, 4) is 5.75 Å². The normalized spacial score (nSPS) is 17.2. The largest absolute Gasteiger partial charge is 0.489 e. The predicted molar refractivity (Wildman–Crippen MR) is 107 cm³/mol. The van der Waals surface area contributed by atoms with Crippen molar-refractivity contribution in [2.45, 2.75) is 58.3 Å². The summed E-state index contributed by atoms with van der Waals surface area (Å²) in [7, 11) is 0. The standard InChI is InChI=1S/C22H27N3O3/c1-14-19-16(9-5-10-17(19)26)24-20(14)22(27)25-21-18(11-6-12-23-21)28-13-15-7-3-2-4-8-15/h6,11-12,15,24H,2-5,7-10,13H2,1H3,(H,23,25,27). The van der Waals surface area contributed by atoms with Crippen LogP contribution >= 0.6 is 0 Å². The number of hydrogen-bond donors (Lipinski definition) is 2. The highest BCUT2D eigenvalue weighted by Gasteiger charge is 2.27. The molecule has 4 rings (SSSR count). The summed E-state index contributed by atoms with van der Waals surface area (Å²) in [6, 6.07) is 3.64. The van der Waals surface area contributed by atoms with Crippen LogP contribution in [0.4, 0.5) is 5.82 Å². The van der Waals surface area contributed by atoms with E-state index in [-0.39, 0.29) is 11.7 Å². The number of nitrogens with one attached hydrogen (secondary N) is 2. The van der Waals surface area contributed by atoms with Crippen molar-refractivity contribution in [1.82, 2.24) is 9.97 Å². The third-order valence-corrected chi connectivity index (χ3v) is 5.87. The van der Waals surface area contributed by atoms with Crippen LogP contribution in [-0.4, -0.2) is 28.3 Å². The molecule has 0 atom stereocenters. The number of fused-ring (bicyclic) bond motifs is 1. The number of carbonyl (C=O) groups excluding carboxylic acids is 2. The summed E-state index contributed by atoms with van der Waals surface area (Å²) in [5.74, 6) is 1.40. The minimum atomic E-state index is -0.291. The summed E-state index contributed by atoms with van der Waals surface area (Å²) in [4.78, 5) is 32.5. The zero-order valence-corrected chi connectivity index (χ0v) is 16.3. The Labute approximate surface area is 165 Å². The average Bonchev–Trinajstić information content (AvgIpc) is 3.06. The molecule has 2 aliphatic carbocycles. The average molecular weight is 381 g/mol. The molecule has 0 unspecified atom stereocenters. The lowest BCUT2D eigenvalue weighted by Gasteiger charge is -2.22. The maximum absolute atomic E-state index is 12.9. The first-order chi connectivity index (χ1) is 13.6. The molecule has 0 saturated heterocycles. The molecule has 6 nitrogen and oxygen atoms in total. The van der Waals surface area contributed by atoms with E-state index in [4.69, 9.17) is 4.74 Å². The number of aromatic nitrogens is 2. The summed E-state index contributed by atoms with van der Waals surface area (Å²) in [5, 5.41) is 2.86. The van der Waals surface area contributed by atoms with E-state index in [2.05, 4.69) is 15.3 Å². The molecule has 28 heavy (non-hydrogen) atoms. The molecule has 6 heteroatoms. The van der Waals surface area contributed by atoms with E-state index < -0.39 is 0 Å². The molecular weight excluding hydrogens is 354 g/mol. The van der Waals surface area contributed by atoms with Crippen LogP contribution in [0.2, 0.25) is 0 Å². The van der Waals surface area contributed by atoms with Crippen molar-refractivity contribution in [2.24, 2.45) is 5.92 Å². The molecule has 2 heterocycles. The molecule has 2 aliphatic rings. The van der Waals surface area contributed by atoms with Gasteiger partial charge in [-0.15, -0.1) is 0 Å². The van der Waals surface area contributed by atoms with Gasteiger partial charge >= 0.3 is 0 Å². The van der Waals surface area contributed by atoms with Gasteiger partial charge in [-0.25, -0.2) is 4.98 Å². The lowest BCUT2D eigenvalue weighted by molar-refractivity contribution is 0.0971. The first-order valence-corrected chi connectivity index (χ1v) is 10.3. The van der Waals surface area contributed by atoms with Gasteiger partial charge in [-0.1, -0.05) is 19.3 Å². The Morgan fingerprint density at radius 2 is 2.07 bits per heavy atom. The van der Waals surface area contributed by atoms with Crippen LogP contribution in [0.25, 0.3) is 0 Å². The van der Waals surface area contributed by atoms with Crippen LogP contribution in [0.5, 0.6) is 5.75 Å². The van der Waals surface area contributed by atoms with E-state index in [9.17, 15) is 9.59 Å².